The first-order valence-electron chi connectivity index (χ1n) is 10.9. The second-order valence-corrected chi connectivity index (χ2v) is 8.34. The van der Waals surface area contributed by atoms with Gasteiger partial charge < -0.3 is 14.6 Å². The van der Waals surface area contributed by atoms with Gasteiger partial charge in [0.1, 0.15) is 11.5 Å². The van der Waals surface area contributed by atoms with Gasteiger partial charge in [-0.15, -0.1) is 0 Å². The van der Waals surface area contributed by atoms with Gasteiger partial charge in [-0.25, -0.2) is 0 Å². The summed E-state index contributed by atoms with van der Waals surface area (Å²) in [7, 11) is 0. The van der Waals surface area contributed by atoms with Crippen molar-refractivity contribution in [3.05, 3.63) is 78.6 Å². The lowest BCUT2D eigenvalue weighted by Gasteiger charge is -2.35. The van der Waals surface area contributed by atoms with Gasteiger partial charge in [-0.2, -0.15) is 0 Å². The van der Waals surface area contributed by atoms with Crippen molar-refractivity contribution in [2.24, 2.45) is 0 Å². The standard InChI is InChI=1S/C26H27N3O2S/c1-19-7-5-6-18-29(19)22-12-10-21(11-13-22)27-26(32)28-25(30)17-15-23-14-16-24(31-23)20-8-3-2-4-9-20/h2-4,8-17,19H,5-7,18H2,1H3,(H2,27,28,30,32)/b17-15+. The molecule has 0 aliphatic carbocycles. The lowest BCUT2D eigenvalue weighted by atomic mass is 10.0. The van der Waals surface area contributed by atoms with Crippen LogP contribution in [-0.2, 0) is 4.79 Å². The SMILES string of the molecule is CC1CCCCN1c1ccc(NC(=S)NC(=O)/C=C/c2ccc(-c3ccccc3)o2)cc1. The van der Waals surface area contributed by atoms with Crippen LogP contribution < -0.4 is 15.5 Å². The number of benzene rings is 2. The van der Waals surface area contributed by atoms with E-state index in [4.69, 9.17) is 16.6 Å². The predicted octanol–water partition coefficient (Wildman–Crippen LogP) is 5.85. The Morgan fingerprint density at radius 2 is 1.84 bits per heavy atom. The number of amides is 1. The zero-order chi connectivity index (χ0) is 22.3. The van der Waals surface area contributed by atoms with Crippen LogP contribution in [0.2, 0.25) is 0 Å². The molecule has 1 aromatic heterocycles. The van der Waals surface area contributed by atoms with Crippen LogP contribution in [0.1, 0.15) is 31.9 Å². The first-order valence-corrected chi connectivity index (χ1v) is 11.3. The summed E-state index contributed by atoms with van der Waals surface area (Å²) in [6, 6.07) is 22.2. The van der Waals surface area contributed by atoms with Crippen molar-refractivity contribution in [1.82, 2.24) is 5.32 Å². The van der Waals surface area contributed by atoms with E-state index in [1.165, 1.54) is 31.0 Å². The highest BCUT2D eigenvalue weighted by atomic mass is 32.1. The fraction of sp³-hybridized carbons (Fsp3) is 0.231. The van der Waals surface area contributed by atoms with E-state index >= 15 is 0 Å². The summed E-state index contributed by atoms with van der Waals surface area (Å²) < 4.78 is 5.77. The maximum absolute atomic E-state index is 12.2. The number of hydrogen-bond acceptors (Lipinski definition) is 4. The number of carbonyl (C=O) groups excluding carboxylic acids is 1. The topological polar surface area (TPSA) is 57.5 Å². The molecule has 1 saturated heterocycles. The molecule has 164 valence electrons. The van der Waals surface area contributed by atoms with Crippen molar-refractivity contribution in [3.8, 4) is 11.3 Å². The van der Waals surface area contributed by atoms with E-state index in [9.17, 15) is 4.79 Å². The monoisotopic (exact) mass is 445 g/mol. The van der Waals surface area contributed by atoms with Crippen molar-refractivity contribution in [3.63, 3.8) is 0 Å². The molecule has 1 fully saturated rings. The van der Waals surface area contributed by atoms with E-state index in [1.54, 1.807) is 6.08 Å². The smallest absolute Gasteiger partial charge is 0.250 e. The highest BCUT2D eigenvalue weighted by Gasteiger charge is 2.18. The molecule has 1 unspecified atom stereocenters. The third-order valence-corrected chi connectivity index (χ3v) is 5.78. The second kappa shape index (κ2) is 10.3. The van der Waals surface area contributed by atoms with E-state index in [0.717, 1.165) is 23.6 Å². The van der Waals surface area contributed by atoms with Crippen molar-refractivity contribution < 1.29 is 9.21 Å². The molecular formula is C26H27N3O2S. The molecule has 2 aromatic carbocycles. The summed E-state index contributed by atoms with van der Waals surface area (Å²) in [5.74, 6) is 1.03. The van der Waals surface area contributed by atoms with Crippen LogP contribution >= 0.6 is 12.2 Å². The largest absolute Gasteiger partial charge is 0.457 e. The van der Waals surface area contributed by atoms with Gasteiger partial charge in [-0.3, -0.25) is 10.1 Å². The molecule has 1 amide bonds. The van der Waals surface area contributed by atoms with E-state index in [-0.39, 0.29) is 11.0 Å². The van der Waals surface area contributed by atoms with Crippen molar-refractivity contribution in [1.29, 1.82) is 0 Å². The summed E-state index contributed by atoms with van der Waals surface area (Å²) in [6.07, 6.45) is 6.80. The maximum atomic E-state index is 12.2. The van der Waals surface area contributed by atoms with Crippen LogP contribution in [0, 0.1) is 0 Å². The summed E-state index contributed by atoms with van der Waals surface area (Å²) >= 11 is 5.28. The lowest BCUT2D eigenvalue weighted by molar-refractivity contribution is -0.115. The lowest BCUT2D eigenvalue weighted by Crippen LogP contribution is -2.37. The minimum absolute atomic E-state index is 0.253. The molecule has 6 heteroatoms. The molecule has 32 heavy (non-hydrogen) atoms. The van der Waals surface area contributed by atoms with Crippen LogP contribution in [0.25, 0.3) is 17.4 Å². The molecular weight excluding hydrogens is 418 g/mol. The minimum atomic E-state index is -0.320. The van der Waals surface area contributed by atoms with E-state index in [2.05, 4.69) is 34.6 Å². The fourth-order valence-corrected chi connectivity index (χ4v) is 4.11. The van der Waals surface area contributed by atoms with E-state index < -0.39 is 0 Å². The van der Waals surface area contributed by atoms with Crippen molar-refractivity contribution in [2.45, 2.75) is 32.2 Å². The predicted molar refractivity (Wildman–Crippen MR) is 135 cm³/mol. The Morgan fingerprint density at radius 1 is 1.06 bits per heavy atom. The van der Waals surface area contributed by atoms with Gasteiger partial charge in [-0.05, 0) is 80.9 Å². The molecule has 1 aliphatic rings. The van der Waals surface area contributed by atoms with Crippen LogP contribution in [-0.4, -0.2) is 23.6 Å². The van der Waals surface area contributed by atoms with Crippen LogP contribution in [0.15, 0.2) is 77.2 Å². The Labute approximate surface area is 194 Å². The van der Waals surface area contributed by atoms with E-state index in [1.807, 2.05) is 54.6 Å². The summed E-state index contributed by atoms with van der Waals surface area (Å²) in [5.41, 5.74) is 3.04. The highest BCUT2D eigenvalue weighted by molar-refractivity contribution is 7.80. The molecule has 5 nitrogen and oxygen atoms in total. The molecule has 3 aromatic rings. The van der Waals surface area contributed by atoms with Crippen molar-refractivity contribution in [2.75, 3.05) is 16.8 Å². The van der Waals surface area contributed by atoms with Gasteiger partial charge >= 0.3 is 0 Å². The first kappa shape index (κ1) is 21.8. The number of carbonyl (C=O) groups is 1. The maximum Gasteiger partial charge on any atom is 0.250 e. The Balaban J connectivity index is 1.28. The third-order valence-electron chi connectivity index (χ3n) is 5.58. The fourth-order valence-electron chi connectivity index (χ4n) is 3.89. The summed E-state index contributed by atoms with van der Waals surface area (Å²) in [5, 5.41) is 5.98. The van der Waals surface area contributed by atoms with Gasteiger partial charge in [-0.1, -0.05) is 30.3 Å². The molecule has 0 saturated carbocycles. The number of piperidine rings is 1. The Morgan fingerprint density at radius 3 is 2.59 bits per heavy atom. The molecule has 0 radical (unpaired) electrons. The number of thiocarbonyl (C=S) groups is 1. The highest BCUT2D eigenvalue weighted by Crippen LogP contribution is 2.26. The number of rotatable bonds is 5. The van der Waals surface area contributed by atoms with Crippen LogP contribution in [0.4, 0.5) is 11.4 Å². The zero-order valence-corrected chi connectivity index (χ0v) is 18.9. The number of nitrogens with zero attached hydrogens (tertiary/aromatic N) is 1. The molecule has 2 N–H and O–H groups in total. The second-order valence-electron chi connectivity index (χ2n) is 7.93. The van der Waals surface area contributed by atoms with Gasteiger partial charge in [0.25, 0.3) is 0 Å². The van der Waals surface area contributed by atoms with E-state index in [0.29, 0.717) is 11.8 Å². The third kappa shape index (κ3) is 5.65. The quantitative estimate of drug-likeness (QED) is 0.381. The van der Waals surface area contributed by atoms with Gasteiger partial charge in [0.2, 0.25) is 5.91 Å². The summed E-state index contributed by atoms with van der Waals surface area (Å²) in [4.78, 5) is 14.7. The number of nitrogens with one attached hydrogen (secondary N) is 2. The number of hydrogen-bond donors (Lipinski definition) is 2. The van der Waals surface area contributed by atoms with Gasteiger partial charge in [0.15, 0.2) is 5.11 Å². The average Bonchev–Trinajstić information content (AvgIpc) is 3.28. The summed E-state index contributed by atoms with van der Waals surface area (Å²) in [6.45, 7) is 3.37. The molecule has 1 aliphatic heterocycles. The Bertz CT molecular complexity index is 1090. The van der Waals surface area contributed by atoms with Crippen LogP contribution in [0.3, 0.4) is 0 Å². The van der Waals surface area contributed by atoms with Crippen molar-refractivity contribution >= 4 is 40.7 Å². The molecule has 0 bridgehead atoms. The number of furan rings is 1. The first-order chi connectivity index (χ1) is 15.6. The van der Waals surface area contributed by atoms with Gasteiger partial charge in [0, 0.05) is 35.6 Å². The van der Waals surface area contributed by atoms with Gasteiger partial charge in [0.05, 0.1) is 0 Å². The molecule has 4 rings (SSSR count). The zero-order valence-electron chi connectivity index (χ0n) is 18.1. The molecule has 0 spiro atoms. The average molecular weight is 446 g/mol. The molecule has 2 heterocycles. The minimum Gasteiger partial charge on any atom is -0.457 e. The number of anilines is 2. The van der Waals surface area contributed by atoms with Crippen LogP contribution in [0.5, 0.6) is 0 Å². The Kier molecular flexibility index (Phi) is 7.02. The Hall–Kier alpha value is -3.38. The normalized spacial score (nSPS) is 16.2. The molecule has 1 atom stereocenters.